The molecule has 4 nitrogen and oxygen atoms in total. The lowest BCUT2D eigenvalue weighted by atomic mass is 10.0. The van der Waals surface area contributed by atoms with Gasteiger partial charge in [-0.05, 0) is 28.1 Å². The molecule has 1 aromatic heterocycles. The monoisotopic (exact) mass is 330 g/mol. The molecular weight excluding hydrogens is 323 g/mol. The van der Waals surface area contributed by atoms with Crippen molar-refractivity contribution < 1.29 is 4.39 Å². The highest BCUT2D eigenvalue weighted by Gasteiger charge is 2.20. The summed E-state index contributed by atoms with van der Waals surface area (Å²) in [5.74, 6) is 4.93. The van der Waals surface area contributed by atoms with Crippen molar-refractivity contribution in [2.75, 3.05) is 0 Å². The van der Waals surface area contributed by atoms with Crippen LogP contribution in [0.4, 0.5) is 4.39 Å². The third kappa shape index (κ3) is 2.51. The molecule has 0 aliphatic carbocycles. The molecule has 0 aliphatic heterocycles. The summed E-state index contributed by atoms with van der Waals surface area (Å²) in [6.45, 7) is 0. The molecule has 0 bridgehead atoms. The zero-order chi connectivity index (χ0) is 13.1. The molecule has 0 spiro atoms. The molecular formula is C11H9BrClFN4. The molecule has 1 heterocycles. The molecule has 0 fully saturated rings. The second kappa shape index (κ2) is 5.71. The van der Waals surface area contributed by atoms with Crippen LogP contribution in [0.2, 0.25) is 5.02 Å². The van der Waals surface area contributed by atoms with Crippen molar-refractivity contribution in [2.24, 2.45) is 5.84 Å². The van der Waals surface area contributed by atoms with Gasteiger partial charge >= 0.3 is 0 Å². The second-order valence-corrected chi connectivity index (χ2v) is 4.73. The maximum atomic E-state index is 14.1. The number of nitrogens with two attached hydrogens (primary N) is 1. The van der Waals surface area contributed by atoms with Crippen LogP contribution >= 0.6 is 27.5 Å². The van der Waals surface area contributed by atoms with Crippen LogP contribution in [0, 0.1) is 5.82 Å². The van der Waals surface area contributed by atoms with E-state index in [0.717, 1.165) is 0 Å². The predicted octanol–water partition coefficient (Wildman–Crippen LogP) is 2.58. The summed E-state index contributed by atoms with van der Waals surface area (Å²) >= 11 is 9.01. The fourth-order valence-electron chi connectivity index (χ4n) is 1.57. The highest BCUT2D eigenvalue weighted by Crippen LogP contribution is 2.31. The lowest BCUT2D eigenvalue weighted by Gasteiger charge is -2.17. The first-order valence-corrected chi connectivity index (χ1v) is 6.17. The molecule has 0 radical (unpaired) electrons. The van der Waals surface area contributed by atoms with E-state index in [9.17, 15) is 4.39 Å². The Morgan fingerprint density at radius 2 is 2.17 bits per heavy atom. The number of rotatable bonds is 3. The van der Waals surface area contributed by atoms with Gasteiger partial charge in [-0.2, -0.15) is 0 Å². The summed E-state index contributed by atoms with van der Waals surface area (Å²) in [4.78, 5) is 7.85. The van der Waals surface area contributed by atoms with E-state index in [1.165, 1.54) is 6.33 Å². The Labute approximate surface area is 116 Å². The van der Waals surface area contributed by atoms with Gasteiger partial charge in [0, 0.05) is 16.2 Å². The maximum Gasteiger partial charge on any atom is 0.148 e. The van der Waals surface area contributed by atoms with Crippen molar-refractivity contribution in [3.8, 4) is 0 Å². The summed E-state index contributed by atoms with van der Waals surface area (Å²) in [6, 6.07) is 4.32. The normalized spacial score (nSPS) is 12.4. The van der Waals surface area contributed by atoms with Crippen LogP contribution in [0.1, 0.15) is 17.3 Å². The molecule has 0 aliphatic rings. The van der Waals surface area contributed by atoms with Gasteiger partial charge in [-0.1, -0.05) is 17.7 Å². The van der Waals surface area contributed by atoms with E-state index in [2.05, 4.69) is 31.3 Å². The Kier molecular flexibility index (Phi) is 4.23. The van der Waals surface area contributed by atoms with Crippen molar-refractivity contribution in [2.45, 2.75) is 6.04 Å². The lowest BCUT2D eigenvalue weighted by molar-refractivity contribution is 0.552. The van der Waals surface area contributed by atoms with Crippen LogP contribution in [0.15, 0.2) is 35.2 Å². The van der Waals surface area contributed by atoms with Crippen LogP contribution in [-0.4, -0.2) is 9.97 Å². The predicted molar refractivity (Wildman–Crippen MR) is 70.3 cm³/mol. The topological polar surface area (TPSA) is 63.8 Å². The number of aromatic nitrogens is 2. The number of nitrogens with one attached hydrogen (secondary N) is 1. The zero-order valence-electron chi connectivity index (χ0n) is 9.07. The number of hydrogen-bond acceptors (Lipinski definition) is 4. The van der Waals surface area contributed by atoms with E-state index in [1.807, 2.05) is 0 Å². The van der Waals surface area contributed by atoms with E-state index in [1.54, 1.807) is 24.4 Å². The minimum Gasteiger partial charge on any atom is -0.271 e. The van der Waals surface area contributed by atoms with Gasteiger partial charge in [0.1, 0.15) is 12.1 Å². The molecule has 0 saturated carbocycles. The van der Waals surface area contributed by atoms with Gasteiger partial charge in [0.2, 0.25) is 0 Å². The maximum absolute atomic E-state index is 14.1. The summed E-state index contributed by atoms with van der Waals surface area (Å²) in [7, 11) is 0. The van der Waals surface area contributed by atoms with E-state index in [-0.39, 0.29) is 5.02 Å². The van der Waals surface area contributed by atoms with Gasteiger partial charge in [-0.15, -0.1) is 0 Å². The molecule has 3 N–H and O–H groups in total. The van der Waals surface area contributed by atoms with E-state index < -0.39 is 11.9 Å². The molecule has 2 rings (SSSR count). The Balaban J connectivity index is 2.50. The highest BCUT2D eigenvalue weighted by molar-refractivity contribution is 9.10. The Morgan fingerprint density at radius 1 is 1.39 bits per heavy atom. The molecule has 1 atom stereocenters. The quantitative estimate of drug-likeness (QED) is 0.515. The fraction of sp³-hybridized carbons (Fsp3) is 0.0909. The first-order chi connectivity index (χ1) is 8.65. The Hall–Kier alpha value is -1.08. The van der Waals surface area contributed by atoms with Gasteiger partial charge in [-0.3, -0.25) is 5.84 Å². The van der Waals surface area contributed by atoms with Crippen LogP contribution < -0.4 is 11.3 Å². The number of benzene rings is 1. The van der Waals surface area contributed by atoms with E-state index in [0.29, 0.717) is 15.7 Å². The average Bonchev–Trinajstić information content (AvgIpc) is 2.41. The van der Waals surface area contributed by atoms with Crippen LogP contribution in [0.5, 0.6) is 0 Å². The largest absolute Gasteiger partial charge is 0.271 e. The molecule has 0 amide bonds. The molecule has 7 heteroatoms. The first kappa shape index (κ1) is 13.4. The summed E-state index contributed by atoms with van der Waals surface area (Å²) in [5, 5.41) is 0.0156. The first-order valence-electron chi connectivity index (χ1n) is 5.00. The minimum atomic E-state index is -0.585. The third-order valence-electron chi connectivity index (χ3n) is 2.44. The summed E-state index contributed by atoms with van der Waals surface area (Å²) < 4.78 is 14.6. The SMILES string of the molecule is NNC(c1ccncn1)c1ccc(Br)c(Cl)c1F. The third-order valence-corrected chi connectivity index (χ3v) is 3.70. The Bertz CT molecular complexity index is 552. The van der Waals surface area contributed by atoms with Crippen molar-refractivity contribution in [1.82, 2.24) is 15.4 Å². The van der Waals surface area contributed by atoms with Crippen LogP contribution in [-0.2, 0) is 0 Å². The number of halogens is 3. The second-order valence-electron chi connectivity index (χ2n) is 3.50. The van der Waals surface area contributed by atoms with Gasteiger partial charge in [-0.25, -0.2) is 19.8 Å². The standard InChI is InChI=1S/C11H9BrClFN4/c12-7-2-1-6(10(14)9(7)13)11(18-15)8-3-4-16-5-17-8/h1-5,11,18H,15H2. The lowest BCUT2D eigenvalue weighted by Crippen LogP contribution is -2.30. The zero-order valence-corrected chi connectivity index (χ0v) is 11.4. The van der Waals surface area contributed by atoms with Crippen molar-refractivity contribution in [3.63, 3.8) is 0 Å². The summed E-state index contributed by atoms with van der Waals surface area (Å²) in [5.41, 5.74) is 3.40. The van der Waals surface area contributed by atoms with Gasteiger partial charge < -0.3 is 0 Å². The van der Waals surface area contributed by atoms with Crippen LogP contribution in [0.3, 0.4) is 0 Å². The minimum absolute atomic E-state index is 0.0156. The number of hydrogen-bond donors (Lipinski definition) is 2. The average molecular weight is 332 g/mol. The van der Waals surface area contributed by atoms with Crippen LogP contribution in [0.25, 0.3) is 0 Å². The van der Waals surface area contributed by atoms with Gasteiger partial charge in [0.15, 0.2) is 0 Å². The Morgan fingerprint density at radius 3 is 2.78 bits per heavy atom. The highest BCUT2D eigenvalue weighted by atomic mass is 79.9. The number of hydrazine groups is 1. The fourth-order valence-corrected chi connectivity index (χ4v) is 2.05. The summed E-state index contributed by atoms with van der Waals surface area (Å²) in [6.07, 6.45) is 2.93. The van der Waals surface area contributed by atoms with Gasteiger partial charge in [0.05, 0.1) is 16.8 Å². The molecule has 18 heavy (non-hydrogen) atoms. The number of nitrogens with zero attached hydrogens (tertiary/aromatic N) is 2. The van der Waals surface area contributed by atoms with E-state index in [4.69, 9.17) is 17.4 Å². The smallest absolute Gasteiger partial charge is 0.148 e. The van der Waals surface area contributed by atoms with Crippen molar-refractivity contribution >= 4 is 27.5 Å². The van der Waals surface area contributed by atoms with Gasteiger partial charge in [0.25, 0.3) is 0 Å². The molecule has 1 aromatic carbocycles. The van der Waals surface area contributed by atoms with Crippen molar-refractivity contribution in [1.29, 1.82) is 0 Å². The molecule has 94 valence electrons. The molecule has 1 unspecified atom stereocenters. The molecule has 0 saturated heterocycles. The van der Waals surface area contributed by atoms with E-state index >= 15 is 0 Å². The molecule has 2 aromatic rings. The van der Waals surface area contributed by atoms with Crippen molar-refractivity contribution in [3.05, 3.63) is 57.3 Å².